The molecule has 194 valence electrons. The predicted molar refractivity (Wildman–Crippen MR) is 132 cm³/mol. The quantitative estimate of drug-likeness (QED) is 0.202. The van der Waals surface area contributed by atoms with E-state index in [2.05, 4.69) is 9.72 Å². The summed E-state index contributed by atoms with van der Waals surface area (Å²) in [4.78, 5) is 4.44. The SMILES string of the molecule is CCCOc1ccc(CCc2ccc3c(F)c(CCc4ccc(OC(F)(F)F)c(F)c4)ccc3c2)nc1. The first-order chi connectivity index (χ1) is 17.7. The van der Waals surface area contributed by atoms with E-state index in [1.807, 2.05) is 37.3 Å². The molecule has 37 heavy (non-hydrogen) atoms. The lowest BCUT2D eigenvalue weighted by Gasteiger charge is -2.11. The topological polar surface area (TPSA) is 31.4 Å². The number of hydrogen-bond donors (Lipinski definition) is 0. The van der Waals surface area contributed by atoms with Crippen LogP contribution in [-0.4, -0.2) is 18.0 Å². The smallest absolute Gasteiger partial charge is 0.492 e. The van der Waals surface area contributed by atoms with E-state index in [1.54, 1.807) is 18.3 Å². The van der Waals surface area contributed by atoms with E-state index < -0.39 is 17.9 Å². The number of aromatic nitrogens is 1. The van der Waals surface area contributed by atoms with E-state index in [-0.39, 0.29) is 18.7 Å². The molecule has 0 spiro atoms. The van der Waals surface area contributed by atoms with Crippen LogP contribution >= 0.6 is 0 Å². The maximum Gasteiger partial charge on any atom is 0.573 e. The molecule has 1 heterocycles. The van der Waals surface area contributed by atoms with E-state index in [4.69, 9.17) is 4.74 Å². The second kappa shape index (κ2) is 11.6. The molecule has 3 aromatic carbocycles. The number of pyridine rings is 1. The van der Waals surface area contributed by atoms with Gasteiger partial charge in [0.2, 0.25) is 0 Å². The van der Waals surface area contributed by atoms with Gasteiger partial charge in [0.1, 0.15) is 11.6 Å². The average molecular weight is 516 g/mol. The second-order valence-electron chi connectivity index (χ2n) is 8.74. The minimum atomic E-state index is -4.97. The maximum atomic E-state index is 15.2. The molecule has 4 rings (SSSR count). The average Bonchev–Trinajstić information content (AvgIpc) is 2.87. The Kier molecular flexibility index (Phi) is 8.26. The first-order valence-electron chi connectivity index (χ1n) is 12.0. The van der Waals surface area contributed by atoms with Gasteiger partial charge in [0.05, 0.1) is 12.8 Å². The van der Waals surface area contributed by atoms with Crippen LogP contribution < -0.4 is 9.47 Å². The summed E-state index contributed by atoms with van der Waals surface area (Å²) in [5, 5.41) is 1.26. The zero-order valence-corrected chi connectivity index (χ0v) is 20.2. The Bertz CT molecular complexity index is 1350. The van der Waals surface area contributed by atoms with Crippen LogP contribution in [0.25, 0.3) is 10.8 Å². The summed E-state index contributed by atoms with van der Waals surface area (Å²) < 4.78 is 75.3. The fourth-order valence-electron chi connectivity index (χ4n) is 4.06. The summed E-state index contributed by atoms with van der Waals surface area (Å²) in [6.07, 6.45) is -0.289. The van der Waals surface area contributed by atoms with Crippen molar-refractivity contribution in [2.75, 3.05) is 6.61 Å². The van der Waals surface area contributed by atoms with Gasteiger partial charge in [-0.3, -0.25) is 4.98 Å². The summed E-state index contributed by atoms with van der Waals surface area (Å²) in [5.41, 5.74) is 2.90. The van der Waals surface area contributed by atoms with Gasteiger partial charge in [0.15, 0.2) is 11.6 Å². The molecule has 0 saturated carbocycles. The standard InChI is InChI=1S/C29H26F5NO2/c1-2-15-36-24-12-11-23(35-18-24)10-4-19-5-13-25-22(16-19)9-8-21(28(25)31)7-3-20-6-14-27(26(30)17-20)37-29(32,33)34/h5-6,8-9,11-14,16-18H,2-4,7,10,15H2,1H3. The number of rotatable bonds is 10. The summed E-state index contributed by atoms with van der Waals surface area (Å²) in [7, 11) is 0. The number of alkyl halides is 3. The van der Waals surface area contributed by atoms with Crippen LogP contribution in [0.15, 0.2) is 66.9 Å². The Labute approximate surface area is 211 Å². The Morgan fingerprint density at radius 3 is 2.27 bits per heavy atom. The lowest BCUT2D eigenvalue weighted by Crippen LogP contribution is -2.18. The number of fused-ring (bicyclic) bond motifs is 1. The predicted octanol–water partition coefficient (Wildman–Crippen LogP) is 7.77. The maximum absolute atomic E-state index is 15.2. The highest BCUT2D eigenvalue weighted by atomic mass is 19.4. The van der Waals surface area contributed by atoms with Gasteiger partial charge in [0.25, 0.3) is 0 Å². The van der Waals surface area contributed by atoms with Gasteiger partial charge in [-0.15, -0.1) is 13.2 Å². The van der Waals surface area contributed by atoms with Crippen molar-refractivity contribution in [3.05, 3.63) is 101 Å². The molecule has 0 fully saturated rings. The lowest BCUT2D eigenvalue weighted by molar-refractivity contribution is -0.275. The minimum absolute atomic E-state index is 0.263. The largest absolute Gasteiger partial charge is 0.573 e. The van der Waals surface area contributed by atoms with Crippen LogP contribution in [0.3, 0.4) is 0 Å². The van der Waals surface area contributed by atoms with Gasteiger partial charge >= 0.3 is 6.36 Å². The van der Waals surface area contributed by atoms with E-state index >= 15 is 4.39 Å². The van der Waals surface area contributed by atoms with Crippen molar-refractivity contribution in [1.82, 2.24) is 4.98 Å². The van der Waals surface area contributed by atoms with Crippen molar-refractivity contribution in [2.45, 2.75) is 45.4 Å². The third kappa shape index (κ3) is 7.18. The minimum Gasteiger partial charge on any atom is -0.492 e. The molecule has 0 aliphatic rings. The molecular formula is C29H26F5NO2. The molecule has 0 bridgehead atoms. The molecule has 0 aliphatic carbocycles. The molecule has 0 amide bonds. The first kappa shape index (κ1) is 26.4. The van der Waals surface area contributed by atoms with Crippen LogP contribution in [0, 0.1) is 11.6 Å². The Morgan fingerprint density at radius 1 is 0.811 bits per heavy atom. The molecule has 1 aromatic heterocycles. The van der Waals surface area contributed by atoms with Crippen molar-refractivity contribution in [1.29, 1.82) is 0 Å². The summed E-state index contributed by atoms with van der Waals surface area (Å²) in [6.45, 7) is 2.70. The van der Waals surface area contributed by atoms with E-state index in [9.17, 15) is 17.6 Å². The number of benzene rings is 3. The summed E-state index contributed by atoms with van der Waals surface area (Å²) >= 11 is 0. The molecule has 0 saturated heterocycles. The Balaban J connectivity index is 1.39. The van der Waals surface area contributed by atoms with Gasteiger partial charge < -0.3 is 9.47 Å². The van der Waals surface area contributed by atoms with Gasteiger partial charge in [-0.05, 0) is 78.4 Å². The molecule has 4 aromatic rings. The van der Waals surface area contributed by atoms with Gasteiger partial charge in [0, 0.05) is 11.1 Å². The normalized spacial score (nSPS) is 11.6. The van der Waals surface area contributed by atoms with Gasteiger partial charge in [-0.25, -0.2) is 8.78 Å². The zero-order valence-electron chi connectivity index (χ0n) is 20.2. The molecule has 0 N–H and O–H groups in total. The zero-order chi connectivity index (χ0) is 26.4. The lowest BCUT2D eigenvalue weighted by atomic mass is 9.98. The number of nitrogens with zero attached hydrogens (tertiary/aromatic N) is 1. The van der Waals surface area contributed by atoms with Crippen molar-refractivity contribution < 1.29 is 31.4 Å². The van der Waals surface area contributed by atoms with Crippen molar-refractivity contribution in [3.63, 3.8) is 0 Å². The number of ether oxygens (including phenoxy) is 2. The van der Waals surface area contributed by atoms with Crippen LogP contribution in [0.1, 0.15) is 35.7 Å². The van der Waals surface area contributed by atoms with Crippen molar-refractivity contribution in [2.24, 2.45) is 0 Å². The molecule has 0 unspecified atom stereocenters. The van der Waals surface area contributed by atoms with Crippen LogP contribution in [0.5, 0.6) is 11.5 Å². The number of hydrogen-bond acceptors (Lipinski definition) is 3. The van der Waals surface area contributed by atoms with E-state index in [0.717, 1.165) is 53.8 Å². The summed E-state index contributed by atoms with van der Waals surface area (Å²) in [6, 6.07) is 16.2. The Morgan fingerprint density at radius 2 is 1.57 bits per heavy atom. The highest BCUT2D eigenvalue weighted by molar-refractivity contribution is 5.84. The second-order valence-corrected chi connectivity index (χ2v) is 8.74. The van der Waals surface area contributed by atoms with E-state index in [1.165, 1.54) is 6.07 Å². The monoisotopic (exact) mass is 515 g/mol. The summed E-state index contributed by atoms with van der Waals surface area (Å²) in [5.74, 6) is -1.61. The van der Waals surface area contributed by atoms with Crippen LogP contribution in [-0.2, 0) is 25.7 Å². The van der Waals surface area contributed by atoms with E-state index in [0.29, 0.717) is 23.1 Å². The van der Waals surface area contributed by atoms with Crippen molar-refractivity contribution in [3.8, 4) is 11.5 Å². The Hall–Kier alpha value is -3.68. The van der Waals surface area contributed by atoms with Crippen LogP contribution in [0.2, 0.25) is 0 Å². The molecule has 0 atom stereocenters. The fourth-order valence-corrected chi connectivity index (χ4v) is 4.06. The third-order valence-corrected chi connectivity index (χ3v) is 5.94. The molecular weight excluding hydrogens is 489 g/mol. The van der Waals surface area contributed by atoms with Gasteiger partial charge in [-0.2, -0.15) is 0 Å². The highest BCUT2D eigenvalue weighted by Crippen LogP contribution is 2.28. The van der Waals surface area contributed by atoms with Crippen LogP contribution in [0.4, 0.5) is 22.0 Å². The number of halogens is 5. The molecule has 3 nitrogen and oxygen atoms in total. The highest BCUT2D eigenvalue weighted by Gasteiger charge is 2.32. The third-order valence-electron chi connectivity index (χ3n) is 5.94. The number of aryl methyl sites for hydroxylation is 4. The first-order valence-corrected chi connectivity index (χ1v) is 12.0. The van der Waals surface area contributed by atoms with Gasteiger partial charge in [-0.1, -0.05) is 43.3 Å². The fraction of sp³-hybridized carbons (Fsp3) is 0.276. The molecule has 8 heteroatoms. The molecule has 0 aliphatic heterocycles. The molecule has 0 radical (unpaired) electrons. The van der Waals surface area contributed by atoms with Crippen molar-refractivity contribution >= 4 is 10.8 Å².